The second-order valence-corrected chi connectivity index (χ2v) is 8.03. The van der Waals surface area contributed by atoms with Crippen LogP contribution in [0.4, 0.5) is 0 Å². The van der Waals surface area contributed by atoms with E-state index in [-0.39, 0.29) is 5.91 Å². The summed E-state index contributed by atoms with van der Waals surface area (Å²) in [6.45, 7) is 8.31. The third kappa shape index (κ3) is 3.11. The number of rotatable bonds is 3. The average molecular weight is 331 g/mol. The van der Waals surface area contributed by atoms with Crippen LogP contribution >= 0.6 is 0 Å². The number of carbonyl (C=O) groups is 1. The number of nitrogens with zero attached hydrogens (tertiary/aromatic N) is 3. The van der Waals surface area contributed by atoms with Gasteiger partial charge in [0.05, 0.1) is 6.54 Å². The van der Waals surface area contributed by atoms with Crippen LogP contribution in [0.2, 0.25) is 0 Å². The minimum Gasteiger partial charge on any atom is -0.455 e. The van der Waals surface area contributed by atoms with Crippen molar-refractivity contribution in [3.8, 4) is 0 Å². The molecule has 3 fully saturated rings. The summed E-state index contributed by atoms with van der Waals surface area (Å²) in [4.78, 5) is 19.5. The lowest BCUT2D eigenvalue weighted by Crippen LogP contribution is -2.35. The fourth-order valence-electron chi connectivity index (χ4n) is 4.51. The second kappa shape index (κ2) is 6.52. The highest BCUT2D eigenvalue weighted by Crippen LogP contribution is 2.31. The van der Waals surface area contributed by atoms with Crippen molar-refractivity contribution in [1.29, 1.82) is 0 Å². The zero-order chi connectivity index (χ0) is 16.7. The fourth-order valence-corrected chi connectivity index (χ4v) is 4.51. The Balaban J connectivity index is 1.35. The van der Waals surface area contributed by atoms with Crippen molar-refractivity contribution in [2.45, 2.75) is 38.8 Å². The van der Waals surface area contributed by atoms with Crippen LogP contribution in [-0.4, -0.2) is 66.4 Å². The fraction of sp³-hybridized carbons (Fsp3) is 0.737. The van der Waals surface area contributed by atoms with Crippen molar-refractivity contribution in [3.05, 3.63) is 23.7 Å². The zero-order valence-corrected chi connectivity index (χ0v) is 14.9. The van der Waals surface area contributed by atoms with Crippen molar-refractivity contribution >= 4 is 5.91 Å². The molecule has 2 atom stereocenters. The first kappa shape index (κ1) is 16.2. The van der Waals surface area contributed by atoms with E-state index in [1.165, 1.54) is 19.3 Å². The Labute approximate surface area is 144 Å². The van der Waals surface area contributed by atoms with Gasteiger partial charge in [0.25, 0.3) is 5.91 Å². The molecule has 4 rings (SSSR count). The number of likely N-dealkylation sites (tertiary alicyclic amines) is 3. The van der Waals surface area contributed by atoms with Gasteiger partial charge in [0.2, 0.25) is 0 Å². The molecule has 132 valence electrons. The van der Waals surface area contributed by atoms with Crippen LogP contribution in [0.25, 0.3) is 0 Å². The predicted octanol–water partition coefficient (Wildman–Crippen LogP) is 2.29. The van der Waals surface area contributed by atoms with Gasteiger partial charge in [-0.3, -0.25) is 9.69 Å². The summed E-state index contributed by atoms with van der Waals surface area (Å²) >= 11 is 0. The summed E-state index contributed by atoms with van der Waals surface area (Å²) in [5.41, 5.74) is 0. The summed E-state index contributed by atoms with van der Waals surface area (Å²) in [5.74, 6) is 2.98. The molecule has 1 amide bonds. The molecule has 3 aliphatic rings. The van der Waals surface area contributed by atoms with Crippen LogP contribution in [0.3, 0.4) is 0 Å². The summed E-state index contributed by atoms with van der Waals surface area (Å²) in [6, 6.07) is 4.38. The molecule has 5 nitrogen and oxygen atoms in total. The molecule has 24 heavy (non-hydrogen) atoms. The van der Waals surface area contributed by atoms with E-state index < -0.39 is 0 Å². The number of carbonyl (C=O) groups excluding carboxylic acids is 1. The van der Waals surface area contributed by atoms with E-state index in [1.807, 2.05) is 17.0 Å². The van der Waals surface area contributed by atoms with E-state index in [9.17, 15) is 4.79 Å². The molecule has 0 spiro atoms. The van der Waals surface area contributed by atoms with Crippen molar-refractivity contribution in [2.75, 3.05) is 39.8 Å². The third-order valence-corrected chi connectivity index (χ3v) is 6.24. The first-order valence-electron chi connectivity index (χ1n) is 9.40. The minimum atomic E-state index is 0.0660. The van der Waals surface area contributed by atoms with Gasteiger partial charge in [-0.15, -0.1) is 0 Å². The lowest BCUT2D eigenvalue weighted by molar-refractivity contribution is 0.0738. The van der Waals surface area contributed by atoms with E-state index >= 15 is 0 Å². The highest BCUT2D eigenvalue weighted by Gasteiger charge is 2.41. The number of furan rings is 1. The summed E-state index contributed by atoms with van der Waals surface area (Å²) in [5, 5.41) is 0. The lowest BCUT2D eigenvalue weighted by Gasteiger charge is -2.29. The highest BCUT2D eigenvalue weighted by atomic mass is 16.4. The van der Waals surface area contributed by atoms with Gasteiger partial charge in [0.15, 0.2) is 5.76 Å². The second-order valence-electron chi connectivity index (χ2n) is 8.03. The first-order chi connectivity index (χ1) is 11.6. The van der Waals surface area contributed by atoms with Crippen LogP contribution in [0.15, 0.2) is 16.5 Å². The Morgan fingerprint density at radius 2 is 1.96 bits per heavy atom. The molecule has 0 saturated carbocycles. The minimum absolute atomic E-state index is 0.0660. The summed E-state index contributed by atoms with van der Waals surface area (Å²) in [6.07, 6.45) is 3.73. The standard InChI is InChI=1S/C19H29N3O2/c1-14-5-9-21(10-6-14)12-16-3-4-18(24-16)19(23)22-11-15-7-8-20(2)17(15)13-22/h3-4,14-15,17H,5-13H2,1-2H3/t15-,17+/m0/s1. The predicted molar refractivity (Wildman–Crippen MR) is 92.8 cm³/mol. The zero-order valence-electron chi connectivity index (χ0n) is 14.9. The topological polar surface area (TPSA) is 39.9 Å². The summed E-state index contributed by atoms with van der Waals surface area (Å²) < 4.78 is 5.89. The van der Waals surface area contributed by atoms with E-state index in [2.05, 4.69) is 23.8 Å². The quantitative estimate of drug-likeness (QED) is 0.852. The van der Waals surface area contributed by atoms with Gasteiger partial charge in [0.1, 0.15) is 5.76 Å². The molecule has 0 unspecified atom stereocenters. The Hall–Kier alpha value is -1.33. The van der Waals surface area contributed by atoms with Gasteiger partial charge in [0, 0.05) is 19.1 Å². The van der Waals surface area contributed by atoms with Gasteiger partial charge in [-0.05, 0) is 69.9 Å². The van der Waals surface area contributed by atoms with Gasteiger partial charge < -0.3 is 14.2 Å². The number of fused-ring (bicyclic) bond motifs is 1. The normalized spacial score (nSPS) is 29.3. The van der Waals surface area contributed by atoms with Crippen LogP contribution in [-0.2, 0) is 6.54 Å². The molecule has 0 aliphatic carbocycles. The van der Waals surface area contributed by atoms with Crippen molar-refractivity contribution < 1.29 is 9.21 Å². The average Bonchev–Trinajstić information content (AvgIpc) is 3.27. The van der Waals surface area contributed by atoms with Crippen molar-refractivity contribution in [1.82, 2.24) is 14.7 Å². The number of amides is 1. The molecule has 0 radical (unpaired) electrons. The molecule has 4 heterocycles. The smallest absolute Gasteiger partial charge is 0.289 e. The number of hydrogen-bond donors (Lipinski definition) is 0. The van der Waals surface area contributed by atoms with Crippen molar-refractivity contribution in [3.63, 3.8) is 0 Å². The monoisotopic (exact) mass is 331 g/mol. The van der Waals surface area contributed by atoms with E-state index in [0.717, 1.165) is 50.9 Å². The molecule has 1 aromatic heterocycles. The van der Waals surface area contributed by atoms with Crippen LogP contribution < -0.4 is 0 Å². The number of likely N-dealkylation sites (N-methyl/N-ethyl adjacent to an activating group) is 1. The van der Waals surface area contributed by atoms with E-state index in [0.29, 0.717) is 17.7 Å². The lowest BCUT2D eigenvalue weighted by atomic mass is 9.99. The van der Waals surface area contributed by atoms with Gasteiger partial charge >= 0.3 is 0 Å². The SMILES string of the molecule is CC1CCN(Cc2ccc(C(=O)N3C[C@@H]4CCN(C)[C@@H]4C3)o2)CC1. The first-order valence-corrected chi connectivity index (χ1v) is 9.40. The van der Waals surface area contributed by atoms with E-state index in [1.54, 1.807) is 0 Å². The van der Waals surface area contributed by atoms with E-state index in [4.69, 9.17) is 4.42 Å². The van der Waals surface area contributed by atoms with Crippen molar-refractivity contribution in [2.24, 2.45) is 11.8 Å². The maximum Gasteiger partial charge on any atom is 0.289 e. The molecule has 3 aliphatic heterocycles. The molecule has 0 bridgehead atoms. The maximum atomic E-state index is 12.7. The Morgan fingerprint density at radius 1 is 1.17 bits per heavy atom. The summed E-state index contributed by atoms with van der Waals surface area (Å²) in [7, 11) is 2.17. The molecule has 5 heteroatoms. The number of hydrogen-bond acceptors (Lipinski definition) is 4. The Kier molecular flexibility index (Phi) is 4.39. The largest absolute Gasteiger partial charge is 0.455 e. The Bertz CT molecular complexity index is 591. The molecular weight excluding hydrogens is 302 g/mol. The molecule has 0 aromatic carbocycles. The molecule has 1 aromatic rings. The van der Waals surface area contributed by atoms with Crippen LogP contribution in [0, 0.1) is 11.8 Å². The van der Waals surface area contributed by atoms with Gasteiger partial charge in [-0.1, -0.05) is 6.92 Å². The Morgan fingerprint density at radius 3 is 2.71 bits per heavy atom. The molecule has 3 saturated heterocycles. The third-order valence-electron chi connectivity index (χ3n) is 6.24. The van der Waals surface area contributed by atoms with Gasteiger partial charge in [-0.25, -0.2) is 0 Å². The highest BCUT2D eigenvalue weighted by molar-refractivity contribution is 5.91. The molecular formula is C19H29N3O2. The van der Waals surface area contributed by atoms with Gasteiger partial charge in [-0.2, -0.15) is 0 Å². The number of piperidine rings is 1. The maximum absolute atomic E-state index is 12.7. The molecule has 0 N–H and O–H groups in total. The van der Waals surface area contributed by atoms with Crippen LogP contribution in [0.1, 0.15) is 42.5 Å². The van der Waals surface area contributed by atoms with Crippen LogP contribution in [0.5, 0.6) is 0 Å².